The number of rotatable bonds is 7. The number of carbonyl (C=O) groups is 2. The van der Waals surface area contributed by atoms with Crippen LogP contribution >= 0.6 is 0 Å². The van der Waals surface area contributed by atoms with E-state index in [4.69, 9.17) is 14.2 Å². The van der Waals surface area contributed by atoms with Crippen molar-refractivity contribution in [2.24, 2.45) is 0 Å². The Morgan fingerprint density at radius 1 is 0.769 bits per heavy atom. The third-order valence-corrected chi connectivity index (χ3v) is 6.56. The number of ketones is 1. The normalized spacial score (nSPS) is 16.3. The van der Waals surface area contributed by atoms with E-state index < -0.39 is 17.7 Å². The number of aliphatic hydroxyl groups excluding tert-OH is 1. The summed E-state index contributed by atoms with van der Waals surface area (Å²) in [6.45, 7) is 1.93. The number of hydrogen-bond donors (Lipinski definition) is 1. The molecule has 0 radical (unpaired) electrons. The molecule has 4 aromatic rings. The first-order valence-corrected chi connectivity index (χ1v) is 12.3. The Balaban J connectivity index is 1.62. The highest BCUT2D eigenvalue weighted by Gasteiger charge is 2.47. The number of benzene rings is 4. The highest BCUT2D eigenvalue weighted by atomic mass is 16.5. The minimum Gasteiger partial charge on any atom is -0.507 e. The molecule has 1 aliphatic rings. The first-order valence-electron chi connectivity index (χ1n) is 12.3. The highest BCUT2D eigenvalue weighted by molar-refractivity contribution is 6.51. The fourth-order valence-electron chi connectivity index (χ4n) is 4.69. The molecule has 1 unspecified atom stereocenters. The van der Waals surface area contributed by atoms with Gasteiger partial charge in [0.05, 0.1) is 31.4 Å². The number of methoxy groups -OCH3 is 2. The molecule has 1 atom stereocenters. The maximum absolute atomic E-state index is 13.5. The summed E-state index contributed by atoms with van der Waals surface area (Å²) in [7, 11) is 2.98. The quantitative estimate of drug-likeness (QED) is 0.171. The SMILES string of the molecule is COc1ccc(/C(O)=C2/C(=O)C(=O)N(c3ccc(Oc4ccccc4)cc3)C2c2cccc(C)c2)c(OC)c1. The second-order valence-corrected chi connectivity index (χ2v) is 9.06. The number of ether oxygens (including phenoxy) is 3. The summed E-state index contributed by atoms with van der Waals surface area (Å²) >= 11 is 0. The molecule has 196 valence electrons. The molecule has 5 rings (SSSR count). The van der Waals surface area contributed by atoms with E-state index in [-0.39, 0.29) is 16.9 Å². The molecule has 1 saturated heterocycles. The molecule has 0 saturated carbocycles. The Morgan fingerprint density at radius 2 is 1.46 bits per heavy atom. The summed E-state index contributed by atoms with van der Waals surface area (Å²) in [5.41, 5.74) is 2.38. The Morgan fingerprint density at radius 3 is 2.13 bits per heavy atom. The van der Waals surface area contributed by atoms with Gasteiger partial charge in [-0.15, -0.1) is 0 Å². The number of para-hydroxylation sites is 1. The van der Waals surface area contributed by atoms with Gasteiger partial charge in [0.15, 0.2) is 0 Å². The minimum absolute atomic E-state index is 0.0290. The topological polar surface area (TPSA) is 85.3 Å². The predicted molar refractivity (Wildman–Crippen MR) is 148 cm³/mol. The Kier molecular flexibility index (Phi) is 7.06. The first-order chi connectivity index (χ1) is 18.9. The lowest BCUT2D eigenvalue weighted by molar-refractivity contribution is -0.132. The average molecular weight is 522 g/mol. The number of aliphatic hydroxyl groups is 1. The van der Waals surface area contributed by atoms with Crippen LogP contribution in [0.5, 0.6) is 23.0 Å². The zero-order chi connectivity index (χ0) is 27.5. The van der Waals surface area contributed by atoms with E-state index in [0.717, 1.165) is 5.56 Å². The zero-order valence-electron chi connectivity index (χ0n) is 21.8. The van der Waals surface area contributed by atoms with Gasteiger partial charge in [-0.2, -0.15) is 0 Å². The van der Waals surface area contributed by atoms with Crippen LogP contribution in [0.2, 0.25) is 0 Å². The lowest BCUT2D eigenvalue weighted by Gasteiger charge is -2.26. The van der Waals surface area contributed by atoms with Crippen molar-refractivity contribution in [1.29, 1.82) is 0 Å². The second-order valence-electron chi connectivity index (χ2n) is 9.06. The molecule has 0 bridgehead atoms. The number of anilines is 1. The number of carbonyl (C=O) groups excluding carboxylic acids is 2. The number of Topliss-reactive ketones (excluding diaryl/α,β-unsaturated/α-hetero) is 1. The average Bonchev–Trinajstić information content (AvgIpc) is 3.23. The van der Waals surface area contributed by atoms with Crippen LogP contribution in [0.3, 0.4) is 0 Å². The standard InChI is InChI=1S/C32H27NO6/c1-20-8-7-9-21(18-20)29-28(30(34)26-17-16-25(37-2)19-27(26)38-3)31(35)32(36)33(29)22-12-14-24(15-13-22)39-23-10-5-4-6-11-23/h4-19,29,34H,1-3H3/b30-28-. The van der Waals surface area contributed by atoms with Gasteiger partial charge in [-0.1, -0.05) is 48.0 Å². The van der Waals surface area contributed by atoms with Crippen molar-refractivity contribution in [2.45, 2.75) is 13.0 Å². The fourth-order valence-corrected chi connectivity index (χ4v) is 4.69. The van der Waals surface area contributed by atoms with Crippen molar-refractivity contribution >= 4 is 23.1 Å². The monoisotopic (exact) mass is 521 g/mol. The molecule has 39 heavy (non-hydrogen) atoms. The number of hydrogen-bond acceptors (Lipinski definition) is 6. The van der Waals surface area contributed by atoms with Crippen LogP contribution in [0.4, 0.5) is 5.69 Å². The Labute approximate surface area is 226 Å². The third-order valence-electron chi connectivity index (χ3n) is 6.56. The van der Waals surface area contributed by atoms with Gasteiger partial charge in [-0.3, -0.25) is 14.5 Å². The van der Waals surface area contributed by atoms with E-state index >= 15 is 0 Å². The summed E-state index contributed by atoms with van der Waals surface area (Å²) in [6.07, 6.45) is 0. The van der Waals surface area contributed by atoms with E-state index in [2.05, 4.69) is 0 Å². The van der Waals surface area contributed by atoms with Gasteiger partial charge in [0.1, 0.15) is 28.8 Å². The van der Waals surface area contributed by atoms with Crippen LogP contribution in [-0.2, 0) is 9.59 Å². The summed E-state index contributed by atoms with van der Waals surface area (Å²) in [5.74, 6) is 0.232. The maximum Gasteiger partial charge on any atom is 0.300 e. The van der Waals surface area contributed by atoms with E-state index in [9.17, 15) is 14.7 Å². The van der Waals surface area contributed by atoms with Crippen molar-refractivity contribution in [3.8, 4) is 23.0 Å². The van der Waals surface area contributed by atoms with Gasteiger partial charge in [-0.25, -0.2) is 0 Å². The molecular weight excluding hydrogens is 494 g/mol. The molecule has 0 aliphatic carbocycles. The van der Waals surface area contributed by atoms with Crippen molar-refractivity contribution in [1.82, 2.24) is 0 Å². The molecule has 1 fully saturated rings. The predicted octanol–water partition coefficient (Wildman–Crippen LogP) is 6.43. The van der Waals surface area contributed by atoms with Gasteiger partial charge < -0.3 is 19.3 Å². The Bertz CT molecular complexity index is 1560. The van der Waals surface area contributed by atoms with Crippen LogP contribution in [0.15, 0.2) is 103 Å². The van der Waals surface area contributed by atoms with E-state index in [0.29, 0.717) is 34.2 Å². The summed E-state index contributed by atoms with van der Waals surface area (Å²) in [4.78, 5) is 28.4. The van der Waals surface area contributed by atoms with E-state index in [1.807, 2.05) is 61.5 Å². The van der Waals surface area contributed by atoms with Crippen molar-refractivity contribution in [2.75, 3.05) is 19.1 Å². The lowest BCUT2D eigenvalue weighted by Crippen LogP contribution is -2.29. The van der Waals surface area contributed by atoms with Crippen molar-refractivity contribution in [3.63, 3.8) is 0 Å². The molecule has 1 amide bonds. The van der Waals surface area contributed by atoms with Crippen LogP contribution in [-0.4, -0.2) is 31.0 Å². The minimum atomic E-state index is -0.863. The van der Waals surface area contributed by atoms with E-state index in [1.54, 1.807) is 42.5 Å². The molecule has 0 aromatic heterocycles. The summed E-state index contributed by atoms with van der Waals surface area (Å²) in [5, 5.41) is 11.5. The third kappa shape index (κ3) is 4.94. The van der Waals surface area contributed by atoms with Crippen molar-refractivity contribution < 1.29 is 28.9 Å². The van der Waals surface area contributed by atoms with Crippen LogP contribution in [0.25, 0.3) is 5.76 Å². The van der Waals surface area contributed by atoms with Gasteiger partial charge in [-0.05, 0) is 61.0 Å². The zero-order valence-corrected chi connectivity index (χ0v) is 21.8. The van der Waals surface area contributed by atoms with Gasteiger partial charge >= 0.3 is 0 Å². The first kappa shape index (κ1) is 25.6. The highest BCUT2D eigenvalue weighted by Crippen LogP contribution is 2.44. The molecular formula is C32H27NO6. The smallest absolute Gasteiger partial charge is 0.300 e. The van der Waals surface area contributed by atoms with Crippen molar-refractivity contribution in [3.05, 3.63) is 119 Å². The van der Waals surface area contributed by atoms with Crippen LogP contribution in [0.1, 0.15) is 22.7 Å². The fraction of sp³-hybridized carbons (Fsp3) is 0.125. The number of aryl methyl sites for hydroxylation is 1. The largest absolute Gasteiger partial charge is 0.507 e. The molecule has 1 aliphatic heterocycles. The lowest BCUT2D eigenvalue weighted by atomic mass is 9.94. The van der Waals surface area contributed by atoms with Gasteiger partial charge in [0.2, 0.25) is 0 Å². The Hall–Kier alpha value is -5.04. The molecule has 1 heterocycles. The molecule has 0 spiro atoms. The number of amides is 1. The summed E-state index contributed by atoms with van der Waals surface area (Å²) < 4.78 is 16.6. The van der Waals surface area contributed by atoms with Gasteiger partial charge in [0.25, 0.3) is 11.7 Å². The van der Waals surface area contributed by atoms with Crippen LogP contribution in [0, 0.1) is 6.92 Å². The number of nitrogens with zero attached hydrogens (tertiary/aromatic N) is 1. The maximum atomic E-state index is 13.5. The van der Waals surface area contributed by atoms with E-state index in [1.165, 1.54) is 19.1 Å². The summed E-state index contributed by atoms with van der Waals surface area (Å²) in [6, 6.07) is 27.8. The molecule has 7 heteroatoms. The second kappa shape index (κ2) is 10.8. The molecule has 7 nitrogen and oxygen atoms in total. The molecule has 1 N–H and O–H groups in total. The van der Waals surface area contributed by atoms with Gasteiger partial charge in [0, 0.05) is 11.8 Å². The van der Waals surface area contributed by atoms with Crippen LogP contribution < -0.4 is 19.1 Å². The molecule has 4 aromatic carbocycles.